The lowest BCUT2D eigenvalue weighted by Crippen LogP contribution is -2.54. The minimum Gasteiger partial charge on any atom is -0.380 e. The fourth-order valence-electron chi connectivity index (χ4n) is 2.96. The van der Waals surface area contributed by atoms with Crippen molar-refractivity contribution in [3.63, 3.8) is 0 Å². The largest absolute Gasteiger partial charge is 0.380 e. The molecule has 2 rings (SSSR count). The number of nitrogens with two attached hydrogens (primary N) is 1. The molecule has 1 heterocycles. The number of morpholine rings is 1. The summed E-state index contributed by atoms with van der Waals surface area (Å²) < 4.78 is 11.2. The topological polar surface area (TPSA) is 47.7 Å². The molecule has 1 aliphatic carbocycles. The zero-order valence-corrected chi connectivity index (χ0v) is 10.2. The van der Waals surface area contributed by atoms with Crippen LogP contribution in [0.2, 0.25) is 0 Å². The number of hydrogen-bond acceptors (Lipinski definition) is 4. The van der Waals surface area contributed by atoms with E-state index >= 15 is 0 Å². The molecule has 94 valence electrons. The average molecular weight is 228 g/mol. The molecule has 2 aliphatic rings. The van der Waals surface area contributed by atoms with Gasteiger partial charge in [-0.25, -0.2) is 0 Å². The van der Waals surface area contributed by atoms with Crippen LogP contribution in [0.15, 0.2) is 0 Å². The number of ether oxygens (including phenoxy) is 2. The van der Waals surface area contributed by atoms with E-state index in [1.54, 1.807) is 0 Å². The van der Waals surface area contributed by atoms with Gasteiger partial charge in [0.05, 0.1) is 18.8 Å². The molecular weight excluding hydrogens is 204 g/mol. The summed E-state index contributed by atoms with van der Waals surface area (Å²) >= 11 is 0. The van der Waals surface area contributed by atoms with Crippen molar-refractivity contribution in [1.29, 1.82) is 0 Å². The summed E-state index contributed by atoms with van der Waals surface area (Å²) in [5, 5.41) is 0. The van der Waals surface area contributed by atoms with Crippen LogP contribution in [0.5, 0.6) is 0 Å². The lowest BCUT2D eigenvalue weighted by atomic mass is 9.90. The van der Waals surface area contributed by atoms with E-state index in [2.05, 4.69) is 4.90 Å². The molecule has 0 aromatic rings. The van der Waals surface area contributed by atoms with Gasteiger partial charge in [0.25, 0.3) is 0 Å². The van der Waals surface area contributed by atoms with Crippen LogP contribution < -0.4 is 5.73 Å². The molecule has 0 aromatic carbocycles. The highest BCUT2D eigenvalue weighted by molar-refractivity contribution is 4.87. The molecule has 0 radical (unpaired) electrons. The zero-order chi connectivity index (χ0) is 11.4. The minimum absolute atomic E-state index is 0.216. The van der Waals surface area contributed by atoms with Crippen molar-refractivity contribution in [2.24, 2.45) is 5.73 Å². The van der Waals surface area contributed by atoms with E-state index in [4.69, 9.17) is 15.2 Å². The van der Waals surface area contributed by atoms with Crippen LogP contribution >= 0.6 is 0 Å². The highest BCUT2D eigenvalue weighted by atomic mass is 16.5. The molecule has 0 spiro atoms. The van der Waals surface area contributed by atoms with E-state index in [-0.39, 0.29) is 6.10 Å². The van der Waals surface area contributed by atoms with Crippen molar-refractivity contribution in [1.82, 2.24) is 4.90 Å². The quantitative estimate of drug-likeness (QED) is 0.768. The van der Waals surface area contributed by atoms with Gasteiger partial charge in [-0.3, -0.25) is 4.90 Å². The van der Waals surface area contributed by atoms with Gasteiger partial charge in [-0.05, 0) is 12.8 Å². The van der Waals surface area contributed by atoms with Gasteiger partial charge >= 0.3 is 0 Å². The maximum Gasteiger partial charge on any atom is 0.0824 e. The molecule has 4 nitrogen and oxygen atoms in total. The summed E-state index contributed by atoms with van der Waals surface area (Å²) in [4.78, 5) is 2.52. The second-order valence-corrected chi connectivity index (χ2v) is 4.85. The van der Waals surface area contributed by atoms with Gasteiger partial charge < -0.3 is 15.2 Å². The summed E-state index contributed by atoms with van der Waals surface area (Å²) in [6.45, 7) is 3.44. The molecule has 0 amide bonds. The maximum atomic E-state index is 5.68. The van der Waals surface area contributed by atoms with Gasteiger partial charge in [0.1, 0.15) is 0 Å². The molecule has 16 heavy (non-hydrogen) atoms. The fourth-order valence-corrected chi connectivity index (χ4v) is 2.96. The molecular formula is C12H24N2O2. The van der Waals surface area contributed by atoms with Crippen LogP contribution in [-0.2, 0) is 9.47 Å². The molecule has 4 heteroatoms. The van der Waals surface area contributed by atoms with Gasteiger partial charge in [-0.1, -0.05) is 12.8 Å². The number of rotatable bonds is 3. The van der Waals surface area contributed by atoms with Crippen molar-refractivity contribution < 1.29 is 9.47 Å². The monoisotopic (exact) mass is 228 g/mol. The van der Waals surface area contributed by atoms with Crippen LogP contribution in [-0.4, -0.2) is 56.5 Å². The van der Waals surface area contributed by atoms with Gasteiger partial charge in [0, 0.05) is 32.8 Å². The molecule has 0 aromatic heterocycles. The zero-order valence-electron chi connectivity index (χ0n) is 10.2. The Kier molecular flexibility index (Phi) is 4.58. The van der Waals surface area contributed by atoms with E-state index < -0.39 is 0 Å². The standard InChI is InChI=1S/C12H24N2O2/c1-15-12-5-3-2-4-11(12)14-6-7-16-10(8-13)9-14/h10-12H,2-9,13H2,1H3. The Morgan fingerprint density at radius 3 is 2.94 bits per heavy atom. The Balaban J connectivity index is 1.93. The van der Waals surface area contributed by atoms with Crippen LogP contribution in [0.4, 0.5) is 0 Å². The van der Waals surface area contributed by atoms with Crippen molar-refractivity contribution in [2.45, 2.75) is 43.9 Å². The first-order valence-corrected chi connectivity index (χ1v) is 6.43. The van der Waals surface area contributed by atoms with Gasteiger partial charge in [0.2, 0.25) is 0 Å². The van der Waals surface area contributed by atoms with Crippen LogP contribution in [0.3, 0.4) is 0 Å². The van der Waals surface area contributed by atoms with Crippen molar-refractivity contribution in [3.8, 4) is 0 Å². The summed E-state index contributed by atoms with van der Waals surface area (Å²) in [6, 6.07) is 0.580. The lowest BCUT2D eigenvalue weighted by Gasteiger charge is -2.43. The van der Waals surface area contributed by atoms with Crippen LogP contribution in [0.25, 0.3) is 0 Å². The van der Waals surface area contributed by atoms with Gasteiger partial charge in [0.15, 0.2) is 0 Å². The van der Waals surface area contributed by atoms with Crippen molar-refractivity contribution in [3.05, 3.63) is 0 Å². The Hall–Kier alpha value is -0.160. The Labute approximate surface area is 98.1 Å². The lowest BCUT2D eigenvalue weighted by molar-refractivity contribution is -0.0784. The Bertz CT molecular complexity index is 213. The number of hydrogen-bond donors (Lipinski definition) is 1. The van der Waals surface area contributed by atoms with Crippen LogP contribution in [0, 0.1) is 0 Å². The average Bonchev–Trinajstić information content (AvgIpc) is 2.38. The molecule has 2 N–H and O–H groups in total. The molecule has 1 aliphatic heterocycles. The van der Waals surface area contributed by atoms with E-state index in [0.29, 0.717) is 18.7 Å². The van der Waals surface area contributed by atoms with Gasteiger partial charge in [-0.2, -0.15) is 0 Å². The minimum atomic E-state index is 0.216. The second kappa shape index (κ2) is 5.96. The third kappa shape index (κ3) is 2.74. The third-order valence-electron chi connectivity index (χ3n) is 3.87. The first-order valence-electron chi connectivity index (χ1n) is 6.43. The smallest absolute Gasteiger partial charge is 0.0824 e. The first-order chi connectivity index (χ1) is 7.85. The Morgan fingerprint density at radius 1 is 1.38 bits per heavy atom. The highest BCUT2D eigenvalue weighted by Crippen LogP contribution is 2.26. The number of nitrogens with zero attached hydrogens (tertiary/aromatic N) is 1. The van der Waals surface area contributed by atoms with Crippen molar-refractivity contribution in [2.75, 3.05) is 33.4 Å². The summed E-state index contributed by atoms with van der Waals surface area (Å²) in [7, 11) is 1.84. The van der Waals surface area contributed by atoms with E-state index in [0.717, 1.165) is 19.7 Å². The molecule has 2 fully saturated rings. The van der Waals surface area contributed by atoms with E-state index in [1.807, 2.05) is 7.11 Å². The third-order valence-corrected chi connectivity index (χ3v) is 3.87. The molecule has 1 saturated heterocycles. The summed E-state index contributed by atoms with van der Waals surface area (Å²) in [5.74, 6) is 0. The molecule has 3 unspecified atom stereocenters. The summed E-state index contributed by atoms with van der Waals surface area (Å²) in [6.07, 6.45) is 5.72. The van der Waals surface area contributed by atoms with E-state index in [9.17, 15) is 0 Å². The van der Waals surface area contributed by atoms with E-state index in [1.165, 1.54) is 25.7 Å². The highest BCUT2D eigenvalue weighted by Gasteiger charge is 2.32. The molecule has 1 saturated carbocycles. The summed E-state index contributed by atoms with van der Waals surface area (Å²) in [5.41, 5.74) is 5.68. The molecule has 3 atom stereocenters. The molecule has 0 bridgehead atoms. The number of methoxy groups -OCH3 is 1. The SMILES string of the molecule is COC1CCCCC1N1CCOC(CN)C1. The first kappa shape index (κ1) is 12.3. The van der Waals surface area contributed by atoms with Gasteiger partial charge in [-0.15, -0.1) is 0 Å². The van der Waals surface area contributed by atoms with Crippen LogP contribution in [0.1, 0.15) is 25.7 Å². The maximum absolute atomic E-state index is 5.68. The predicted octanol–water partition coefficient (Wildman–Crippen LogP) is 0.604. The Morgan fingerprint density at radius 2 is 2.19 bits per heavy atom. The predicted molar refractivity (Wildman–Crippen MR) is 63.4 cm³/mol. The second-order valence-electron chi connectivity index (χ2n) is 4.85. The normalized spacial score (nSPS) is 37.5. The van der Waals surface area contributed by atoms with Crippen molar-refractivity contribution >= 4 is 0 Å². The fraction of sp³-hybridized carbons (Fsp3) is 1.00.